The van der Waals surface area contributed by atoms with Gasteiger partial charge in [0.1, 0.15) is 5.82 Å². The second-order valence-corrected chi connectivity index (χ2v) is 6.33. The molecule has 1 N–H and O–H groups in total. The van der Waals surface area contributed by atoms with E-state index in [4.69, 9.17) is 0 Å². The zero-order valence-electron chi connectivity index (χ0n) is 12.6. The zero-order valence-corrected chi connectivity index (χ0v) is 12.6. The Morgan fingerprint density at radius 2 is 1.75 bits per heavy atom. The van der Waals surface area contributed by atoms with Crippen molar-refractivity contribution in [3.63, 3.8) is 0 Å². The van der Waals surface area contributed by atoms with Crippen molar-refractivity contribution in [2.24, 2.45) is 5.92 Å². The Bertz CT molecular complexity index is 792. The van der Waals surface area contributed by atoms with Gasteiger partial charge in [-0.25, -0.2) is 4.39 Å². The summed E-state index contributed by atoms with van der Waals surface area (Å²) in [4.78, 5) is 0. The van der Waals surface area contributed by atoms with Crippen molar-refractivity contribution < 1.29 is 17.6 Å². The molecule has 2 aromatic carbocycles. The summed E-state index contributed by atoms with van der Waals surface area (Å²) in [5, 5.41) is 3.35. The van der Waals surface area contributed by atoms with Crippen molar-refractivity contribution >= 4 is 5.69 Å². The summed E-state index contributed by atoms with van der Waals surface area (Å²) < 4.78 is 52.2. The molecule has 0 saturated carbocycles. The first-order valence-electron chi connectivity index (χ1n) is 7.83. The highest BCUT2D eigenvalue weighted by atomic mass is 19.4. The molecule has 1 heterocycles. The summed E-state index contributed by atoms with van der Waals surface area (Å²) in [6.45, 7) is 0. The molecule has 0 bridgehead atoms. The Morgan fingerprint density at radius 1 is 1.00 bits per heavy atom. The van der Waals surface area contributed by atoms with E-state index in [0.717, 1.165) is 18.1 Å². The van der Waals surface area contributed by atoms with Crippen LogP contribution < -0.4 is 5.32 Å². The highest BCUT2D eigenvalue weighted by Crippen LogP contribution is 2.50. The average Bonchev–Trinajstić information content (AvgIpc) is 3.03. The number of hydrogen-bond donors (Lipinski definition) is 1. The maximum atomic E-state index is 13.2. The highest BCUT2D eigenvalue weighted by molar-refractivity contribution is 5.61. The van der Waals surface area contributed by atoms with Crippen molar-refractivity contribution in [3.8, 4) is 0 Å². The van der Waals surface area contributed by atoms with Crippen LogP contribution in [0.5, 0.6) is 0 Å². The predicted octanol–water partition coefficient (Wildman–Crippen LogP) is 5.67. The van der Waals surface area contributed by atoms with Gasteiger partial charge in [0.25, 0.3) is 0 Å². The molecule has 0 radical (unpaired) electrons. The standard InChI is InChI=1S/C19H15F4N/c20-13-7-4-11(5-8-13)18-15-3-1-2-14(15)16-10-12(19(21,22)23)6-9-17(16)24-18/h1-2,4-10,14-15,18,24H,3H2/t14-,15+,18+/m1/s1. The molecule has 3 atom stereocenters. The number of alkyl halides is 3. The van der Waals surface area contributed by atoms with Gasteiger partial charge in [0.15, 0.2) is 0 Å². The number of anilines is 1. The lowest BCUT2D eigenvalue weighted by molar-refractivity contribution is -0.137. The lowest BCUT2D eigenvalue weighted by atomic mass is 9.76. The van der Waals surface area contributed by atoms with Crippen LogP contribution in [-0.4, -0.2) is 0 Å². The van der Waals surface area contributed by atoms with Gasteiger partial charge in [-0.1, -0.05) is 24.3 Å². The lowest BCUT2D eigenvalue weighted by Gasteiger charge is -2.37. The Morgan fingerprint density at radius 3 is 2.46 bits per heavy atom. The van der Waals surface area contributed by atoms with Gasteiger partial charge in [-0.15, -0.1) is 0 Å². The minimum absolute atomic E-state index is 0.0464. The van der Waals surface area contributed by atoms with Crippen molar-refractivity contribution in [1.29, 1.82) is 0 Å². The topological polar surface area (TPSA) is 12.0 Å². The summed E-state index contributed by atoms with van der Waals surface area (Å²) in [6.07, 6.45) is 0.444. The third kappa shape index (κ3) is 2.48. The van der Waals surface area contributed by atoms with Crippen molar-refractivity contribution in [2.45, 2.75) is 24.6 Å². The fraction of sp³-hybridized carbons (Fsp3) is 0.263. The van der Waals surface area contributed by atoms with Gasteiger partial charge in [0.05, 0.1) is 11.6 Å². The van der Waals surface area contributed by atoms with Gasteiger partial charge >= 0.3 is 6.18 Å². The molecule has 24 heavy (non-hydrogen) atoms. The molecule has 0 fully saturated rings. The predicted molar refractivity (Wildman–Crippen MR) is 84.2 cm³/mol. The fourth-order valence-electron chi connectivity index (χ4n) is 3.77. The van der Waals surface area contributed by atoms with Crippen LogP contribution in [0.4, 0.5) is 23.2 Å². The molecule has 0 spiro atoms. The normalized spacial score (nSPS) is 25.1. The third-order valence-corrected chi connectivity index (χ3v) is 4.92. The summed E-state index contributed by atoms with van der Waals surface area (Å²) in [6, 6.07) is 10.1. The molecule has 0 amide bonds. The first kappa shape index (κ1) is 15.2. The van der Waals surface area contributed by atoms with Crippen LogP contribution in [0, 0.1) is 11.7 Å². The van der Waals surface area contributed by atoms with E-state index in [1.165, 1.54) is 24.3 Å². The van der Waals surface area contributed by atoms with Gasteiger partial charge < -0.3 is 5.32 Å². The summed E-state index contributed by atoms with van der Waals surface area (Å²) >= 11 is 0. The van der Waals surface area contributed by atoms with Crippen molar-refractivity contribution in [3.05, 3.63) is 77.1 Å². The van der Waals surface area contributed by atoms with E-state index < -0.39 is 11.7 Å². The van der Waals surface area contributed by atoms with Crippen molar-refractivity contribution in [1.82, 2.24) is 0 Å². The zero-order chi connectivity index (χ0) is 16.9. The number of fused-ring (bicyclic) bond motifs is 3. The first-order valence-corrected chi connectivity index (χ1v) is 7.83. The monoisotopic (exact) mass is 333 g/mol. The molecule has 4 rings (SSSR count). The second-order valence-electron chi connectivity index (χ2n) is 6.33. The summed E-state index contributed by atoms with van der Waals surface area (Å²) in [5.41, 5.74) is 1.72. The summed E-state index contributed by atoms with van der Waals surface area (Å²) in [5.74, 6) is -0.226. The molecule has 0 aromatic heterocycles. The van der Waals surface area contributed by atoms with E-state index in [0.29, 0.717) is 11.3 Å². The second kappa shape index (κ2) is 5.36. The number of nitrogens with one attached hydrogen (secondary N) is 1. The maximum Gasteiger partial charge on any atom is 0.416 e. The van der Waals surface area contributed by atoms with E-state index in [1.54, 1.807) is 12.1 Å². The Balaban J connectivity index is 1.76. The van der Waals surface area contributed by atoms with Crippen LogP contribution in [0.2, 0.25) is 0 Å². The number of hydrogen-bond acceptors (Lipinski definition) is 1. The van der Waals surface area contributed by atoms with E-state index >= 15 is 0 Å². The Hall–Kier alpha value is -2.30. The largest absolute Gasteiger partial charge is 0.416 e. The average molecular weight is 333 g/mol. The maximum absolute atomic E-state index is 13.2. The SMILES string of the molecule is Fc1ccc([C@@H]2Nc3ccc(C(F)(F)F)cc3[C@@H]3C=CC[C@@H]32)cc1. The number of benzene rings is 2. The van der Waals surface area contributed by atoms with Gasteiger partial charge in [-0.2, -0.15) is 13.2 Å². The Kier molecular flexibility index (Phi) is 3.41. The molecular formula is C19H15F4N. The van der Waals surface area contributed by atoms with Gasteiger partial charge in [-0.05, 0) is 53.8 Å². The van der Waals surface area contributed by atoms with Crippen LogP contribution in [0.3, 0.4) is 0 Å². The molecule has 0 unspecified atom stereocenters. The smallest absolute Gasteiger partial charge is 0.378 e. The van der Waals surface area contributed by atoms with E-state index in [1.807, 2.05) is 12.2 Å². The summed E-state index contributed by atoms with van der Waals surface area (Å²) in [7, 11) is 0. The van der Waals surface area contributed by atoms with Crippen LogP contribution in [0.1, 0.15) is 35.1 Å². The molecule has 2 aliphatic rings. The van der Waals surface area contributed by atoms with E-state index in [2.05, 4.69) is 5.32 Å². The minimum Gasteiger partial charge on any atom is -0.378 e. The molecule has 124 valence electrons. The number of halogens is 4. The first-order chi connectivity index (χ1) is 11.4. The van der Waals surface area contributed by atoms with Crippen LogP contribution >= 0.6 is 0 Å². The van der Waals surface area contributed by atoms with Gasteiger partial charge in [0, 0.05) is 11.6 Å². The molecule has 2 aromatic rings. The molecule has 5 heteroatoms. The quantitative estimate of drug-likeness (QED) is 0.524. The van der Waals surface area contributed by atoms with Crippen LogP contribution in [-0.2, 0) is 6.18 Å². The van der Waals surface area contributed by atoms with Crippen LogP contribution in [0.15, 0.2) is 54.6 Å². The third-order valence-electron chi connectivity index (χ3n) is 4.92. The molecule has 1 aliphatic heterocycles. The van der Waals surface area contributed by atoms with Crippen LogP contribution in [0.25, 0.3) is 0 Å². The molecular weight excluding hydrogens is 318 g/mol. The number of rotatable bonds is 1. The van der Waals surface area contributed by atoms with E-state index in [9.17, 15) is 17.6 Å². The molecule has 1 aliphatic carbocycles. The molecule has 1 nitrogen and oxygen atoms in total. The highest BCUT2D eigenvalue weighted by Gasteiger charge is 2.39. The van der Waals surface area contributed by atoms with Gasteiger partial charge in [0.2, 0.25) is 0 Å². The minimum atomic E-state index is -4.35. The Labute approximate surface area is 137 Å². The fourth-order valence-corrected chi connectivity index (χ4v) is 3.77. The van der Waals surface area contributed by atoms with Crippen molar-refractivity contribution in [2.75, 3.05) is 5.32 Å². The molecule has 0 saturated heterocycles. The van der Waals surface area contributed by atoms with E-state index in [-0.39, 0.29) is 23.7 Å². The van der Waals surface area contributed by atoms with Gasteiger partial charge in [-0.3, -0.25) is 0 Å². The number of allylic oxidation sites excluding steroid dienone is 2. The lowest BCUT2D eigenvalue weighted by Crippen LogP contribution is -2.29.